The van der Waals surface area contributed by atoms with Crippen molar-refractivity contribution in [2.24, 2.45) is 0 Å². The molecule has 1 atom stereocenters. The largest absolute Gasteiger partial charge is 0.436 e. The number of hydrogen-bond donors (Lipinski definition) is 1. The third-order valence-corrected chi connectivity index (χ3v) is 2.86. The molecule has 0 saturated carbocycles. The van der Waals surface area contributed by atoms with Gasteiger partial charge in [-0.3, -0.25) is 4.79 Å². The van der Waals surface area contributed by atoms with Crippen molar-refractivity contribution in [3.63, 3.8) is 0 Å². The number of hydrogen-bond acceptors (Lipinski definition) is 4. The zero-order valence-corrected chi connectivity index (χ0v) is 11.1. The predicted molar refractivity (Wildman–Crippen MR) is 66.6 cm³/mol. The summed E-state index contributed by atoms with van der Waals surface area (Å²) in [6.45, 7) is 7.98. The van der Waals surface area contributed by atoms with Gasteiger partial charge in [0.1, 0.15) is 0 Å². The molecule has 1 aromatic rings. The number of piperazine rings is 1. The molecular weight excluding hydrogens is 242 g/mol. The Morgan fingerprint density at radius 2 is 2.24 bits per heavy atom. The molecule has 1 aliphatic heterocycles. The van der Waals surface area contributed by atoms with Crippen LogP contribution in [-0.4, -0.2) is 41.5 Å². The summed E-state index contributed by atoms with van der Waals surface area (Å²) in [4.78, 5) is 18.2. The maximum atomic E-state index is 12.2. The fourth-order valence-electron chi connectivity index (χ4n) is 2.00. The van der Waals surface area contributed by atoms with Crippen molar-refractivity contribution >= 4 is 18.3 Å². The normalized spacial score (nSPS) is 19.9. The molecule has 0 bridgehead atoms. The Balaban J connectivity index is 0.00000144. The number of nitrogens with zero attached hydrogens (tertiary/aromatic N) is 2. The molecule has 0 aromatic carbocycles. The Labute approximate surface area is 107 Å². The molecule has 0 aliphatic carbocycles. The molecule has 0 spiro atoms. The Kier molecular flexibility index (Phi) is 4.54. The summed E-state index contributed by atoms with van der Waals surface area (Å²) in [6.07, 6.45) is 0. The standard InChI is InChI=1S/C11H17N3O2.ClH/c1-7-6-12-4-5-14(7)11(15)10-8(2)13-9(3)16-10;/h7,12H,4-6H2,1-3H3;1H/t7-;/m0./s1. The smallest absolute Gasteiger partial charge is 0.291 e. The monoisotopic (exact) mass is 259 g/mol. The first-order valence-electron chi connectivity index (χ1n) is 5.55. The van der Waals surface area contributed by atoms with E-state index in [1.807, 2.05) is 11.8 Å². The van der Waals surface area contributed by atoms with Crippen LogP contribution in [0, 0.1) is 13.8 Å². The number of halogens is 1. The molecule has 0 radical (unpaired) electrons. The van der Waals surface area contributed by atoms with Crippen molar-refractivity contribution in [2.45, 2.75) is 26.8 Å². The van der Waals surface area contributed by atoms with E-state index in [2.05, 4.69) is 10.3 Å². The Morgan fingerprint density at radius 1 is 1.53 bits per heavy atom. The second kappa shape index (κ2) is 5.51. The van der Waals surface area contributed by atoms with Crippen LogP contribution in [0.15, 0.2) is 4.42 Å². The van der Waals surface area contributed by atoms with E-state index in [1.54, 1.807) is 13.8 Å². The quantitative estimate of drug-likeness (QED) is 0.822. The minimum atomic E-state index is -0.0490. The second-order valence-electron chi connectivity index (χ2n) is 4.20. The molecule has 6 heteroatoms. The van der Waals surface area contributed by atoms with Crippen molar-refractivity contribution in [3.05, 3.63) is 17.3 Å². The molecule has 17 heavy (non-hydrogen) atoms. The highest BCUT2D eigenvalue weighted by atomic mass is 35.5. The van der Waals surface area contributed by atoms with Crippen LogP contribution < -0.4 is 5.32 Å². The van der Waals surface area contributed by atoms with E-state index in [0.29, 0.717) is 17.3 Å². The van der Waals surface area contributed by atoms with Gasteiger partial charge in [0.15, 0.2) is 5.89 Å². The van der Waals surface area contributed by atoms with Crippen molar-refractivity contribution in [1.29, 1.82) is 0 Å². The van der Waals surface area contributed by atoms with Gasteiger partial charge in [0.2, 0.25) is 5.76 Å². The minimum Gasteiger partial charge on any atom is -0.436 e. The Bertz CT molecular complexity index is 405. The molecular formula is C11H18ClN3O2. The zero-order chi connectivity index (χ0) is 11.7. The summed E-state index contributed by atoms with van der Waals surface area (Å²) in [5, 5.41) is 3.25. The first-order valence-corrected chi connectivity index (χ1v) is 5.55. The van der Waals surface area contributed by atoms with Crippen LogP contribution in [0.1, 0.15) is 29.1 Å². The fourth-order valence-corrected chi connectivity index (χ4v) is 2.00. The molecule has 1 fully saturated rings. The third-order valence-electron chi connectivity index (χ3n) is 2.86. The molecule has 1 N–H and O–H groups in total. The number of aryl methyl sites for hydroxylation is 2. The van der Waals surface area contributed by atoms with Gasteiger partial charge in [-0.2, -0.15) is 0 Å². The lowest BCUT2D eigenvalue weighted by molar-refractivity contribution is 0.0620. The van der Waals surface area contributed by atoms with Crippen LogP contribution >= 0.6 is 12.4 Å². The highest BCUT2D eigenvalue weighted by molar-refractivity contribution is 5.92. The fraction of sp³-hybridized carbons (Fsp3) is 0.636. The molecule has 2 heterocycles. The Hall–Kier alpha value is -1.07. The number of amides is 1. The highest BCUT2D eigenvalue weighted by Gasteiger charge is 2.27. The molecule has 1 aromatic heterocycles. The van der Waals surface area contributed by atoms with E-state index in [0.717, 1.165) is 19.6 Å². The first-order chi connectivity index (χ1) is 7.59. The number of oxazole rings is 1. The number of carbonyl (C=O) groups is 1. The number of rotatable bonds is 1. The highest BCUT2D eigenvalue weighted by Crippen LogP contribution is 2.15. The van der Waals surface area contributed by atoms with E-state index >= 15 is 0 Å². The molecule has 1 saturated heterocycles. The van der Waals surface area contributed by atoms with Crippen LogP contribution in [0.5, 0.6) is 0 Å². The lowest BCUT2D eigenvalue weighted by atomic mass is 10.2. The van der Waals surface area contributed by atoms with Crippen LogP contribution in [0.25, 0.3) is 0 Å². The lowest BCUT2D eigenvalue weighted by Gasteiger charge is -2.33. The number of nitrogens with one attached hydrogen (secondary N) is 1. The lowest BCUT2D eigenvalue weighted by Crippen LogP contribution is -2.52. The molecule has 2 rings (SSSR count). The summed E-state index contributed by atoms with van der Waals surface area (Å²) in [6, 6.07) is 0.200. The maximum Gasteiger partial charge on any atom is 0.291 e. The van der Waals surface area contributed by atoms with Gasteiger partial charge in [-0.25, -0.2) is 4.98 Å². The summed E-state index contributed by atoms with van der Waals surface area (Å²) >= 11 is 0. The summed E-state index contributed by atoms with van der Waals surface area (Å²) in [5.74, 6) is 0.877. The topological polar surface area (TPSA) is 58.4 Å². The van der Waals surface area contributed by atoms with E-state index < -0.39 is 0 Å². The van der Waals surface area contributed by atoms with Gasteiger partial charge < -0.3 is 14.6 Å². The number of carbonyl (C=O) groups excluding carboxylic acids is 1. The van der Waals surface area contributed by atoms with Gasteiger partial charge in [-0.1, -0.05) is 0 Å². The van der Waals surface area contributed by atoms with Gasteiger partial charge in [-0.05, 0) is 13.8 Å². The van der Waals surface area contributed by atoms with Crippen molar-refractivity contribution in [3.8, 4) is 0 Å². The van der Waals surface area contributed by atoms with Gasteiger partial charge in [0.25, 0.3) is 5.91 Å². The number of aromatic nitrogens is 1. The zero-order valence-electron chi connectivity index (χ0n) is 10.3. The van der Waals surface area contributed by atoms with Crippen LogP contribution in [0.4, 0.5) is 0 Å². The predicted octanol–water partition coefficient (Wildman–Crippen LogP) is 1.15. The molecule has 1 amide bonds. The van der Waals surface area contributed by atoms with E-state index in [1.165, 1.54) is 0 Å². The van der Waals surface area contributed by atoms with Gasteiger partial charge in [0, 0.05) is 32.6 Å². The SMILES string of the molecule is Cc1nc(C)c(C(=O)N2CCNC[C@@H]2C)o1.Cl. The molecule has 0 unspecified atom stereocenters. The van der Waals surface area contributed by atoms with Crippen LogP contribution in [0.2, 0.25) is 0 Å². The van der Waals surface area contributed by atoms with Crippen LogP contribution in [-0.2, 0) is 0 Å². The summed E-state index contributed by atoms with van der Waals surface area (Å²) < 4.78 is 5.35. The summed E-state index contributed by atoms with van der Waals surface area (Å²) in [5.41, 5.74) is 0.674. The van der Waals surface area contributed by atoms with Gasteiger partial charge in [0.05, 0.1) is 5.69 Å². The van der Waals surface area contributed by atoms with E-state index in [-0.39, 0.29) is 24.4 Å². The summed E-state index contributed by atoms with van der Waals surface area (Å²) in [7, 11) is 0. The van der Waals surface area contributed by atoms with Crippen molar-refractivity contribution in [1.82, 2.24) is 15.2 Å². The van der Waals surface area contributed by atoms with Crippen molar-refractivity contribution in [2.75, 3.05) is 19.6 Å². The first kappa shape index (κ1) is 14.0. The molecule has 1 aliphatic rings. The van der Waals surface area contributed by atoms with Gasteiger partial charge >= 0.3 is 0 Å². The van der Waals surface area contributed by atoms with E-state index in [9.17, 15) is 4.79 Å². The van der Waals surface area contributed by atoms with E-state index in [4.69, 9.17) is 4.42 Å². The molecule has 96 valence electrons. The minimum absolute atomic E-state index is 0. The van der Waals surface area contributed by atoms with Crippen molar-refractivity contribution < 1.29 is 9.21 Å². The third kappa shape index (κ3) is 2.79. The average molecular weight is 260 g/mol. The maximum absolute atomic E-state index is 12.2. The van der Waals surface area contributed by atoms with Crippen LogP contribution in [0.3, 0.4) is 0 Å². The average Bonchev–Trinajstić information content (AvgIpc) is 2.58. The van der Waals surface area contributed by atoms with Gasteiger partial charge in [-0.15, -0.1) is 12.4 Å². The Morgan fingerprint density at radius 3 is 2.76 bits per heavy atom. The second-order valence-corrected chi connectivity index (χ2v) is 4.20. The molecule has 5 nitrogen and oxygen atoms in total.